The predicted molar refractivity (Wildman–Crippen MR) is 77.5 cm³/mol. The predicted octanol–water partition coefficient (Wildman–Crippen LogP) is 3.52. The second-order valence-corrected chi connectivity index (χ2v) is 4.58. The van der Waals surface area contributed by atoms with Gasteiger partial charge < -0.3 is 5.43 Å². The number of rotatable bonds is 5. The van der Waals surface area contributed by atoms with Gasteiger partial charge in [0.25, 0.3) is 0 Å². The summed E-state index contributed by atoms with van der Waals surface area (Å²) in [5.74, 6) is 5.35. The van der Waals surface area contributed by atoms with Crippen LogP contribution in [0.1, 0.15) is 30.0 Å². The Morgan fingerprint density at radius 2 is 1.33 bits per heavy atom. The zero-order valence-corrected chi connectivity index (χ0v) is 10.8. The lowest BCUT2D eigenvalue weighted by atomic mass is 10.0. The summed E-state index contributed by atoms with van der Waals surface area (Å²) < 4.78 is 0. The van der Waals surface area contributed by atoms with Gasteiger partial charge in [0.05, 0.1) is 0 Å². The normalized spacial score (nSPS) is 10.3. The molecule has 0 spiro atoms. The van der Waals surface area contributed by atoms with Crippen LogP contribution in [-0.4, -0.2) is 0 Å². The molecule has 94 valence electrons. The molecule has 0 aliphatic carbocycles. The molecule has 3 N–H and O–H groups in total. The van der Waals surface area contributed by atoms with Crippen molar-refractivity contribution >= 4 is 5.69 Å². The van der Waals surface area contributed by atoms with Crippen LogP contribution in [0.3, 0.4) is 0 Å². The van der Waals surface area contributed by atoms with Gasteiger partial charge in [-0.3, -0.25) is 5.84 Å². The van der Waals surface area contributed by atoms with Crippen LogP contribution in [-0.2, 0) is 12.8 Å². The van der Waals surface area contributed by atoms with Crippen LogP contribution < -0.4 is 11.3 Å². The summed E-state index contributed by atoms with van der Waals surface area (Å²) in [7, 11) is 0. The largest absolute Gasteiger partial charge is 0.324 e. The highest BCUT2D eigenvalue weighted by Crippen LogP contribution is 2.14. The van der Waals surface area contributed by atoms with E-state index in [2.05, 4.69) is 48.7 Å². The molecule has 0 bridgehead atoms. The summed E-state index contributed by atoms with van der Waals surface area (Å²) in [6.07, 6.45) is 3.33. The van der Waals surface area contributed by atoms with Gasteiger partial charge in [-0.1, -0.05) is 49.7 Å². The van der Waals surface area contributed by atoms with Crippen molar-refractivity contribution in [1.82, 2.24) is 0 Å². The number of hydrogen-bond donors (Lipinski definition) is 2. The van der Waals surface area contributed by atoms with E-state index >= 15 is 0 Å². The first kappa shape index (κ1) is 12.7. The summed E-state index contributed by atoms with van der Waals surface area (Å²) in [6, 6.07) is 17.1. The van der Waals surface area contributed by atoms with Crippen LogP contribution in [0.5, 0.6) is 0 Å². The first-order valence-electron chi connectivity index (χ1n) is 6.45. The van der Waals surface area contributed by atoms with Crippen LogP contribution in [0.4, 0.5) is 5.69 Å². The topological polar surface area (TPSA) is 38.0 Å². The van der Waals surface area contributed by atoms with Gasteiger partial charge in [-0.05, 0) is 41.7 Å². The molecule has 0 fully saturated rings. The number of nitrogen functional groups attached to an aromatic ring is 1. The standard InChI is InChI=1S/C16H20N2/c1-2-3-13-4-6-14(7-5-13)12-15-8-10-16(18-17)11-9-15/h4-11,18H,2-3,12,17H2,1H3. The molecular formula is C16H20N2. The second-order valence-electron chi connectivity index (χ2n) is 4.58. The minimum absolute atomic E-state index is 0.942. The third kappa shape index (κ3) is 3.34. The van der Waals surface area contributed by atoms with E-state index in [9.17, 15) is 0 Å². The SMILES string of the molecule is CCCc1ccc(Cc2ccc(NN)cc2)cc1. The molecule has 0 unspecified atom stereocenters. The molecule has 0 aliphatic rings. The highest BCUT2D eigenvalue weighted by molar-refractivity contribution is 5.44. The van der Waals surface area contributed by atoms with Crippen molar-refractivity contribution < 1.29 is 0 Å². The van der Waals surface area contributed by atoms with Crippen molar-refractivity contribution in [2.75, 3.05) is 5.43 Å². The zero-order chi connectivity index (χ0) is 12.8. The Morgan fingerprint density at radius 1 is 0.833 bits per heavy atom. The second kappa shape index (κ2) is 6.22. The fourth-order valence-corrected chi connectivity index (χ4v) is 2.07. The van der Waals surface area contributed by atoms with E-state index < -0.39 is 0 Å². The van der Waals surface area contributed by atoms with E-state index in [4.69, 9.17) is 5.84 Å². The highest BCUT2D eigenvalue weighted by atomic mass is 15.2. The zero-order valence-electron chi connectivity index (χ0n) is 10.8. The molecule has 0 radical (unpaired) electrons. The number of aryl methyl sites for hydroxylation is 1. The summed E-state index contributed by atoms with van der Waals surface area (Å²) >= 11 is 0. The van der Waals surface area contributed by atoms with Gasteiger partial charge in [-0.15, -0.1) is 0 Å². The molecule has 18 heavy (non-hydrogen) atoms. The fraction of sp³-hybridized carbons (Fsp3) is 0.250. The Kier molecular flexibility index (Phi) is 4.37. The highest BCUT2D eigenvalue weighted by Gasteiger charge is 1.97. The average Bonchev–Trinajstić information content (AvgIpc) is 2.42. The number of anilines is 1. The van der Waals surface area contributed by atoms with E-state index in [1.807, 2.05) is 12.1 Å². The third-order valence-corrected chi connectivity index (χ3v) is 3.09. The quantitative estimate of drug-likeness (QED) is 0.620. The van der Waals surface area contributed by atoms with E-state index in [0.29, 0.717) is 0 Å². The summed E-state index contributed by atoms with van der Waals surface area (Å²) in [5, 5.41) is 0. The molecule has 2 heteroatoms. The molecule has 0 saturated carbocycles. The third-order valence-electron chi connectivity index (χ3n) is 3.09. The van der Waals surface area contributed by atoms with Crippen LogP contribution in [0.2, 0.25) is 0 Å². The van der Waals surface area contributed by atoms with Crippen LogP contribution in [0.25, 0.3) is 0 Å². The minimum atomic E-state index is 0.942. The van der Waals surface area contributed by atoms with Gasteiger partial charge in [0.1, 0.15) is 0 Å². The lowest BCUT2D eigenvalue weighted by Crippen LogP contribution is -2.06. The molecule has 0 atom stereocenters. The van der Waals surface area contributed by atoms with Gasteiger partial charge in [-0.2, -0.15) is 0 Å². The maximum atomic E-state index is 5.35. The smallest absolute Gasteiger partial charge is 0.0485 e. The number of hydrogen-bond acceptors (Lipinski definition) is 2. The van der Waals surface area contributed by atoms with Crippen molar-refractivity contribution in [2.24, 2.45) is 5.84 Å². The monoisotopic (exact) mass is 240 g/mol. The fourth-order valence-electron chi connectivity index (χ4n) is 2.07. The number of hydrazine groups is 1. The molecule has 2 aromatic rings. The van der Waals surface area contributed by atoms with E-state index in [0.717, 1.165) is 18.5 Å². The Balaban J connectivity index is 2.03. The Labute approximate surface area is 109 Å². The van der Waals surface area contributed by atoms with Crippen LogP contribution >= 0.6 is 0 Å². The van der Waals surface area contributed by atoms with Crippen LogP contribution in [0, 0.1) is 0 Å². The molecular weight excluding hydrogens is 220 g/mol. The van der Waals surface area contributed by atoms with Crippen molar-refractivity contribution in [3.63, 3.8) is 0 Å². The Morgan fingerprint density at radius 3 is 1.83 bits per heavy atom. The lowest BCUT2D eigenvalue weighted by Gasteiger charge is -2.05. The molecule has 0 aromatic heterocycles. The van der Waals surface area contributed by atoms with Gasteiger partial charge >= 0.3 is 0 Å². The first-order chi connectivity index (χ1) is 8.81. The molecule has 2 nitrogen and oxygen atoms in total. The maximum Gasteiger partial charge on any atom is 0.0485 e. The van der Waals surface area contributed by atoms with Crippen molar-refractivity contribution in [3.05, 3.63) is 65.2 Å². The van der Waals surface area contributed by atoms with Gasteiger partial charge in [0.15, 0.2) is 0 Å². The van der Waals surface area contributed by atoms with Crippen molar-refractivity contribution in [1.29, 1.82) is 0 Å². The Hall–Kier alpha value is -1.80. The van der Waals surface area contributed by atoms with E-state index in [1.165, 1.54) is 23.1 Å². The molecule has 0 heterocycles. The van der Waals surface area contributed by atoms with Crippen molar-refractivity contribution in [3.8, 4) is 0 Å². The van der Waals surface area contributed by atoms with E-state index in [-0.39, 0.29) is 0 Å². The van der Waals surface area contributed by atoms with Gasteiger partial charge in [-0.25, -0.2) is 0 Å². The van der Waals surface area contributed by atoms with Gasteiger partial charge in [0, 0.05) is 5.69 Å². The van der Waals surface area contributed by atoms with Crippen LogP contribution in [0.15, 0.2) is 48.5 Å². The maximum absolute atomic E-state index is 5.35. The average molecular weight is 240 g/mol. The number of benzene rings is 2. The van der Waals surface area contributed by atoms with E-state index in [1.54, 1.807) is 0 Å². The Bertz CT molecular complexity index is 471. The van der Waals surface area contributed by atoms with Crippen molar-refractivity contribution in [2.45, 2.75) is 26.2 Å². The number of nitrogens with one attached hydrogen (secondary N) is 1. The lowest BCUT2D eigenvalue weighted by molar-refractivity contribution is 0.920. The summed E-state index contributed by atoms with van der Waals surface area (Å²) in [4.78, 5) is 0. The summed E-state index contributed by atoms with van der Waals surface area (Å²) in [6.45, 7) is 2.21. The molecule has 2 aromatic carbocycles. The molecule has 2 rings (SSSR count). The molecule has 0 amide bonds. The molecule has 0 saturated heterocycles. The minimum Gasteiger partial charge on any atom is -0.324 e. The summed E-state index contributed by atoms with van der Waals surface area (Å²) in [5.41, 5.74) is 7.65. The van der Waals surface area contributed by atoms with Gasteiger partial charge in [0.2, 0.25) is 0 Å². The number of nitrogens with two attached hydrogens (primary N) is 1. The molecule has 0 aliphatic heterocycles. The first-order valence-corrected chi connectivity index (χ1v) is 6.45.